The van der Waals surface area contributed by atoms with Gasteiger partial charge in [-0.25, -0.2) is 13.1 Å². The number of nitrogens with one attached hydrogen (secondary N) is 2. The molecule has 0 unspecified atom stereocenters. The number of hydrogen-bond acceptors (Lipinski definition) is 3. The number of carbonyl (C=O) groups excluding carboxylic acids is 1. The zero-order chi connectivity index (χ0) is 15.5. The van der Waals surface area contributed by atoms with Gasteiger partial charge < -0.3 is 5.32 Å². The van der Waals surface area contributed by atoms with Gasteiger partial charge in [-0.05, 0) is 31.9 Å². The molecule has 2 N–H and O–H groups in total. The third-order valence-corrected chi connectivity index (χ3v) is 5.30. The van der Waals surface area contributed by atoms with E-state index in [0.29, 0.717) is 0 Å². The molecule has 0 bridgehead atoms. The predicted molar refractivity (Wildman–Crippen MR) is 81.4 cm³/mol. The van der Waals surface area contributed by atoms with Crippen molar-refractivity contribution in [3.05, 3.63) is 29.8 Å². The quantitative estimate of drug-likeness (QED) is 0.889. The van der Waals surface area contributed by atoms with Crippen LogP contribution in [0.15, 0.2) is 29.2 Å². The summed E-state index contributed by atoms with van der Waals surface area (Å²) in [6.45, 7) is 3.37. The van der Waals surface area contributed by atoms with Crippen molar-refractivity contribution in [3.63, 3.8) is 0 Å². The minimum absolute atomic E-state index is 0.124. The molecule has 1 aliphatic carbocycles. The van der Waals surface area contributed by atoms with Gasteiger partial charge in [0, 0.05) is 19.0 Å². The number of aryl methyl sites for hydroxylation is 1. The molecule has 1 aliphatic rings. The Labute approximate surface area is 126 Å². The van der Waals surface area contributed by atoms with Crippen molar-refractivity contribution >= 4 is 15.9 Å². The van der Waals surface area contributed by atoms with Crippen molar-refractivity contribution in [1.29, 1.82) is 0 Å². The average molecular weight is 310 g/mol. The lowest BCUT2D eigenvalue weighted by Gasteiger charge is -2.32. The maximum atomic E-state index is 12.4. The van der Waals surface area contributed by atoms with Gasteiger partial charge in [0.1, 0.15) is 0 Å². The van der Waals surface area contributed by atoms with E-state index in [2.05, 4.69) is 10.0 Å². The molecule has 1 aromatic carbocycles. The Kier molecular flexibility index (Phi) is 5.00. The zero-order valence-electron chi connectivity index (χ0n) is 12.4. The summed E-state index contributed by atoms with van der Waals surface area (Å²) in [6.07, 6.45) is 3.53. The Bertz CT molecular complexity index is 596. The fraction of sp³-hybridized carbons (Fsp3) is 0.533. The van der Waals surface area contributed by atoms with E-state index in [9.17, 15) is 13.2 Å². The fourth-order valence-corrected chi connectivity index (χ4v) is 4.00. The van der Waals surface area contributed by atoms with Gasteiger partial charge >= 0.3 is 0 Å². The van der Waals surface area contributed by atoms with Crippen molar-refractivity contribution in [3.8, 4) is 0 Å². The van der Waals surface area contributed by atoms with Gasteiger partial charge in [-0.15, -0.1) is 0 Å². The molecular formula is C15H22N2O3S. The van der Waals surface area contributed by atoms with Crippen molar-refractivity contribution < 1.29 is 13.2 Å². The molecule has 1 amide bonds. The number of carbonyl (C=O) groups is 1. The Balaban J connectivity index is 2.13. The summed E-state index contributed by atoms with van der Waals surface area (Å²) in [7, 11) is -3.55. The summed E-state index contributed by atoms with van der Waals surface area (Å²) in [6, 6.07) is 6.40. The highest BCUT2D eigenvalue weighted by Gasteiger charge is 2.29. The summed E-state index contributed by atoms with van der Waals surface area (Å²) >= 11 is 0. The van der Waals surface area contributed by atoms with Crippen LogP contribution in [-0.2, 0) is 14.8 Å². The fourth-order valence-electron chi connectivity index (χ4n) is 2.69. The lowest BCUT2D eigenvalue weighted by atomic mass is 9.91. The molecule has 5 nitrogen and oxygen atoms in total. The van der Waals surface area contributed by atoms with Gasteiger partial charge in [0.15, 0.2) is 0 Å². The summed E-state index contributed by atoms with van der Waals surface area (Å²) in [4.78, 5) is 11.5. The molecule has 0 aliphatic heterocycles. The minimum atomic E-state index is -3.55. The van der Waals surface area contributed by atoms with E-state index in [1.807, 2.05) is 6.92 Å². The van der Waals surface area contributed by atoms with Crippen LogP contribution in [0.1, 0.15) is 38.2 Å². The number of rotatable bonds is 4. The number of hydrogen-bond donors (Lipinski definition) is 2. The number of benzene rings is 1. The molecule has 1 fully saturated rings. The number of amides is 1. The standard InChI is InChI=1S/C15H22N2O3S/c1-11-7-9-13(10-8-11)21(19,20)17-15-6-4-3-5-14(15)16-12(2)18/h7-10,14-15,17H,3-6H2,1-2H3,(H,16,18)/t14-,15+/m0/s1. The van der Waals surface area contributed by atoms with E-state index in [0.717, 1.165) is 31.2 Å². The molecular weight excluding hydrogens is 288 g/mol. The molecule has 116 valence electrons. The van der Waals surface area contributed by atoms with Crippen LogP contribution in [0.4, 0.5) is 0 Å². The largest absolute Gasteiger partial charge is 0.352 e. The van der Waals surface area contributed by atoms with Gasteiger partial charge in [0.25, 0.3) is 0 Å². The molecule has 0 aromatic heterocycles. The van der Waals surface area contributed by atoms with Crippen LogP contribution in [0.5, 0.6) is 0 Å². The topological polar surface area (TPSA) is 75.3 Å². The van der Waals surface area contributed by atoms with Crippen molar-refractivity contribution in [2.24, 2.45) is 0 Å². The van der Waals surface area contributed by atoms with Crippen LogP contribution in [0.2, 0.25) is 0 Å². The first kappa shape index (κ1) is 16.0. The number of sulfonamides is 1. The monoisotopic (exact) mass is 310 g/mol. The summed E-state index contributed by atoms with van der Waals surface area (Å²) in [5.41, 5.74) is 1.02. The first-order valence-corrected chi connectivity index (χ1v) is 8.73. The smallest absolute Gasteiger partial charge is 0.240 e. The van der Waals surface area contributed by atoms with Gasteiger partial charge in [-0.3, -0.25) is 4.79 Å². The molecule has 6 heteroatoms. The summed E-state index contributed by atoms with van der Waals surface area (Å²) < 4.78 is 27.6. The second-order valence-electron chi connectivity index (χ2n) is 5.63. The summed E-state index contributed by atoms with van der Waals surface area (Å²) in [5, 5.41) is 2.85. The lowest BCUT2D eigenvalue weighted by molar-refractivity contribution is -0.120. The highest BCUT2D eigenvalue weighted by Crippen LogP contribution is 2.21. The highest BCUT2D eigenvalue weighted by molar-refractivity contribution is 7.89. The molecule has 1 saturated carbocycles. The van der Waals surface area contributed by atoms with Crippen LogP contribution in [-0.4, -0.2) is 26.4 Å². The Hall–Kier alpha value is -1.40. The first-order chi connectivity index (χ1) is 9.88. The maximum absolute atomic E-state index is 12.4. The van der Waals surface area contributed by atoms with Crippen LogP contribution in [0.25, 0.3) is 0 Å². The minimum Gasteiger partial charge on any atom is -0.352 e. The molecule has 2 rings (SSSR count). The zero-order valence-corrected chi connectivity index (χ0v) is 13.2. The van der Waals surface area contributed by atoms with E-state index in [4.69, 9.17) is 0 Å². The Morgan fingerprint density at radius 2 is 1.67 bits per heavy atom. The lowest BCUT2D eigenvalue weighted by Crippen LogP contribution is -2.52. The van der Waals surface area contributed by atoms with Crippen LogP contribution in [0.3, 0.4) is 0 Å². The third-order valence-electron chi connectivity index (χ3n) is 3.79. The van der Waals surface area contributed by atoms with Crippen molar-refractivity contribution in [1.82, 2.24) is 10.0 Å². The molecule has 0 radical (unpaired) electrons. The van der Waals surface area contributed by atoms with Crippen LogP contribution in [0, 0.1) is 6.92 Å². The van der Waals surface area contributed by atoms with Crippen LogP contribution >= 0.6 is 0 Å². The van der Waals surface area contributed by atoms with E-state index in [1.165, 1.54) is 6.92 Å². The second kappa shape index (κ2) is 6.58. The van der Waals surface area contributed by atoms with Gasteiger partial charge in [0.2, 0.25) is 15.9 Å². The van der Waals surface area contributed by atoms with E-state index < -0.39 is 10.0 Å². The Morgan fingerprint density at radius 1 is 1.10 bits per heavy atom. The first-order valence-electron chi connectivity index (χ1n) is 7.24. The Morgan fingerprint density at radius 3 is 2.24 bits per heavy atom. The maximum Gasteiger partial charge on any atom is 0.240 e. The van der Waals surface area contributed by atoms with E-state index in [-0.39, 0.29) is 22.9 Å². The van der Waals surface area contributed by atoms with Crippen molar-refractivity contribution in [2.75, 3.05) is 0 Å². The van der Waals surface area contributed by atoms with Gasteiger partial charge in [0.05, 0.1) is 4.90 Å². The molecule has 21 heavy (non-hydrogen) atoms. The molecule has 1 aromatic rings. The van der Waals surface area contributed by atoms with Crippen molar-refractivity contribution in [2.45, 2.75) is 56.5 Å². The highest BCUT2D eigenvalue weighted by atomic mass is 32.2. The van der Waals surface area contributed by atoms with Crippen LogP contribution < -0.4 is 10.0 Å². The third kappa shape index (κ3) is 4.28. The molecule has 0 saturated heterocycles. The second-order valence-corrected chi connectivity index (χ2v) is 7.35. The SMILES string of the molecule is CC(=O)N[C@H]1CCCC[C@H]1NS(=O)(=O)c1ccc(C)cc1. The molecule has 2 atom stereocenters. The van der Waals surface area contributed by atoms with Gasteiger partial charge in [-0.2, -0.15) is 0 Å². The predicted octanol–water partition coefficient (Wildman–Crippen LogP) is 1.72. The molecule has 0 spiro atoms. The van der Waals surface area contributed by atoms with E-state index >= 15 is 0 Å². The van der Waals surface area contributed by atoms with Gasteiger partial charge in [-0.1, -0.05) is 30.5 Å². The average Bonchev–Trinajstić information content (AvgIpc) is 2.40. The summed E-state index contributed by atoms with van der Waals surface area (Å²) in [5.74, 6) is -0.124. The molecule has 0 heterocycles. The normalized spacial score (nSPS) is 22.8. The van der Waals surface area contributed by atoms with E-state index in [1.54, 1.807) is 24.3 Å².